The molecular weight excluding hydrogens is 239 g/mol. The van der Waals surface area contributed by atoms with E-state index in [1.807, 2.05) is 6.92 Å². The van der Waals surface area contributed by atoms with Crippen LogP contribution >= 0.6 is 0 Å². The highest BCUT2D eigenvalue weighted by Crippen LogP contribution is 2.14. The van der Waals surface area contributed by atoms with Crippen molar-refractivity contribution in [2.24, 2.45) is 0 Å². The lowest BCUT2D eigenvalue weighted by atomic mass is 10.2. The fourth-order valence-corrected chi connectivity index (χ4v) is 1.54. The van der Waals surface area contributed by atoms with Crippen LogP contribution in [0, 0.1) is 0 Å². The van der Waals surface area contributed by atoms with Crippen molar-refractivity contribution in [3.8, 4) is 0 Å². The number of morpholine rings is 1. The number of nitrogens with zero attached hydrogens (tertiary/aromatic N) is 1. The van der Waals surface area contributed by atoms with Gasteiger partial charge in [-0.15, -0.1) is 0 Å². The van der Waals surface area contributed by atoms with Gasteiger partial charge in [-0.25, -0.2) is 0 Å². The Morgan fingerprint density at radius 2 is 2.24 bits per heavy atom. The molecule has 0 aromatic rings. The third kappa shape index (κ3) is 5.36. The summed E-state index contributed by atoms with van der Waals surface area (Å²) in [5.41, 5.74) is 0. The standard InChI is InChI=1S/C10H16F3NO3/c1-2-8-5-14(3-4-17-8)9(15)6-16-7-10(11,12)13/h8H,2-7H2,1H3/t8-/m0/s1. The minimum atomic E-state index is -4.39. The Morgan fingerprint density at radius 1 is 1.53 bits per heavy atom. The second-order valence-electron chi connectivity index (χ2n) is 3.85. The summed E-state index contributed by atoms with van der Waals surface area (Å²) < 4.78 is 45.1. The Morgan fingerprint density at radius 3 is 2.82 bits per heavy atom. The van der Waals surface area contributed by atoms with Crippen molar-refractivity contribution in [2.75, 3.05) is 32.9 Å². The van der Waals surface area contributed by atoms with Crippen LogP contribution in [0.4, 0.5) is 13.2 Å². The number of carbonyl (C=O) groups is 1. The van der Waals surface area contributed by atoms with E-state index in [9.17, 15) is 18.0 Å². The maximum atomic E-state index is 11.8. The molecule has 1 aliphatic heterocycles. The van der Waals surface area contributed by atoms with E-state index in [0.717, 1.165) is 6.42 Å². The van der Waals surface area contributed by atoms with Crippen LogP contribution in [0.2, 0.25) is 0 Å². The molecule has 1 aliphatic rings. The van der Waals surface area contributed by atoms with Crippen LogP contribution in [0.1, 0.15) is 13.3 Å². The molecule has 100 valence electrons. The topological polar surface area (TPSA) is 38.8 Å². The number of carbonyl (C=O) groups excluding carboxylic acids is 1. The molecule has 1 saturated heterocycles. The second-order valence-corrected chi connectivity index (χ2v) is 3.85. The molecule has 0 unspecified atom stereocenters. The lowest BCUT2D eigenvalue weighted by Gasteiger charge is -2.32. The maximum absolute atomic E-state index is 11.8. The first-order valence-corrected chi connectivity index (χ1v) is 5.46. The van der Waals surface area contributed by atoms with Crippen LogP contribution in [0.3, 0.4) is 0 Å². The van der Waals surface area contributed by atoms with Crippen LogP contribution in [0.15, 0.2) is 0 Å². The largest absolute Gasteiger partial charge is 0.411 e. The smallest absolute Gasteiger partial charge is 0.375 e. The Hall–Kier alpha value is -0.820. The molecular formula is C10H16F3NO3. The lowest BCUT2D eigenvalue weighted by Crippen LogP contribution is -2.46. The van der Waals surface area contributed by atoms with Crippen LogP contribution < -0.4 is 0 Å². The van der Waals surface area contributed by atoms with Gasteiger partial charge in [0, 0.05) is 13.1 Å². The SMILES string of the molecule is CC[C@H]1CN(C(=O)COCC(F)(F)F)CCO1. The molecule has 0 aliphatic carbocycles. The fraction of sp³-hybridized carbons (Fsp3) is 0.900. The van der Waals surface area contributed by atoms with Crippen LogP contribution in [0.25, 0.3) is 0 Å². The molecule has 1 atom stereocenters. The quantitative estimate of drug-likeness (QED) is 0.757. The molecule has 0 bridgehead atoms. The van der Waals surface area contributed by atoms with E-state index in [1.165, 1.54) is 4.90 Å². The highest BCUT2D eigenvalue weighted by molar-refractivity contribution is 5.77. The van der Waals surface area contributed by atoms with Crippen molar-refractivity contribution in [1.29, 1.82) is 0 Å². The highest BCUT2D eigenvalue weighted by Gasteiger charge is 2.29. The normalized spacial score (nSPS) is 21.6. The summed E-state index contributed by atoms with van der Waals surface area (Å²) in [4.78, 5) is 13.0. The van der Waals surface area contributed by atoms with Crippen molar-refractivity contribution >= 4 is 5.91 Å². The first-order valence-electron chi connectivity index (χ1n) is 5.46. The summed E-state index contributed by atoms with van der Waals surface area (Å²) in [5, 5.41) is 0. The van der Waals surface area contributed by atoms with Gasteiger partial charge in [-0.2, -0.15) is 13.2 Å². The zero-order chi connectivity index (χ0) is 12.9. The van der Waals surface area contributed by atoms with Crippen molar-refractivity contribution in [3.05, 3.63) is 0 Å². The number of rotatable bonds is 4. The molecule has 4 nitrogen and oxygen atoms in total. The lowest BCUT2D eigenvalue weighted by molar-refractivity contribution is -0.179. The van der Waals surface area contributed by atoms with Gasteiger partial charge in [-0.1, -0.05) is 6.92 Å². The van der Waals surface area contributed by atoms with Crippen molar-refractivity contribution in [1.82, 2.24) is 4.90 Å². The molecule has 0 saturated carbocycles. The van der Waals surface area contributed by atoms with E-state index in [1.54, 1.807) is 0 Å². The summed E-state index contributed by atoms with van der Waals surface area (Å²) in [7, 11) is 0. The third-order valence-corrected chi connectivity index (χ3v) is 2.44. The summed E-state index contributed by atoms with van der Waals surface area (Å²) in [6.45, 7) is 1.26. The molecule has 1 heterocycles. The van der Waals surface area contributed by atoms with Crippen molar-refractivity contribution in [3.63, 3.8) is 0 Å². The molecule has 0 aromatic carbocycles. The van der Waals surface area contributed by atoms with Crippen LogP contribution in [0.5, 0.6) is 0 Å². The molecule has 1 rings (SSSR count). The zero-order valence-corrected chi connectivity index (χ0v) is 9.63. The molecule has 0 aromatic heterocycles. The Bertz CT molecular complexity index is 258. The maximum Gasteiger partial charge on any atom is 0.411 e. The van der Waals surface area contributed by atoms with E-state index in [2.05, 4.69) is 4.74 Å². The number of amides is 1. The number of hydrogen-bond acceptors (Lipinski definition) is 3. The molecule has 1 fully saturated rings. The number of ether oxygens (including phenoxy) is 2. The first kappa shape index (κ1) is 14.2. The average Bonchev–Trinajstić information content (AvgIpc) is 2.27. The zero-order valence-electron chi connectivity index (χ0n) is 9.63. The predicted octanol–water partition coefficient (Wildman–Crippen LogP) is 1.20. The first-order chi connectivity index (χ1) is 7.92. The van der Waals surface area contributed by atoms with Crippen LogP contribution in [-0.2, 0) is 14.3 Å². The van der Waals surface area contributed by atoms with Crippen LogP contribution in [-0.4, -0.2) is 56.0 Å². The van der Waals surface area contributed by atoms with Gasteiger partial charge in [0.1, 0.15) is 13.2 Å². The number of alkyl halides is 3. The van der Waals surface area contributed by atoms with Crippen molar-refractivity contribution in [2.45, 2.75) is 25.6 Å². The summed E-state index contributed by atoms with van der Waals surface area (Å²) >= 11 is 0. The predicted molar refractivity (Wildman–Crippen MR) is 53.5 cm³/mol. The van der Waals surface area contributed by atoms with Gasteiger partial charge in [0.05, 0.1) is 12.7 Å². The number of hydrogen-bond donors (Lipinski definition) is 0. The summed E-state index contributed by atoms with van der Waals surface area (Å²) in [5.74, 6) is -0.420. The minimum Gasteiger partial charge on any atom is -0.375 e. The summed E-state index contributed by atoms with van der Waals surface area (Å²) in [6, 6.07) is 0. The van der Waals surface area contributed by atoms with E-state index in [-0.39, 0.29) is 6.10 Å². The highest BCUT2D eigenvalue weighted by atomic mass is 19.4. The van der Waals surface area contributed by atoms with Gasteiger partial charge in [-0.3, -0.25) is 4.79 Å². The average molecular weight is 255 g/mol. The Balaban J connectivity index is 2.27. The summed E-state index contributed by atoms with van der Waals surface area (Å²) in [6.07, 6.45) is -3.65. The fourth-order valence-electron chi connectivity index (χ4n) is 1.54. The number of halogens is 3. The van der Waals surface area contributed by atoms with E-state index in [0.29, 0.717) is 19.7 Å². The van der Waals surface area contributed by atoms with E-state index < -0.39 is 25.3 Å². The van der Waals surface area contributed by atoms with Gasteiger partial charge in [0.15, 0.2) is 0 Å². The van der Waals surface area contributed by atoms with Gasteiger partial charge in [-0.05, 0) is 6.42 Å². The minimum absolute atomic E-state index is 0.0321. The van der Waals surface area contributed by atoms with Crippen molar-refractivity contribution < 1.29 is 27.4 Å². The molecule has 0 N–H and O–H groups in total. The molecule has 17 heavy (non-hydrogen) atoms. The molecule has 0 spiro atoms. The molecule has 7 heteroatoms. The van der Waals surface area contributed by atoms with E-state index in [4.69, 9.17) is 4.74 Å². The van der Waals surface area contributed by atoms with Gasteiger partial charge < -0.3 is 14.4 Å². The molecule has 1 amide bonds. The Labute approximate surface area is 97.7 Å². The third-order valence-electron chi connectivity index (χ3n) is 2.44. The van der Waals surface area contributed by atoms with Gasteiger partial charge in [0.2, 0.25) is 5.91 Å². The second kappa shape index (κ2) is 6.20. The monoisotopic (exact) mass is 255 g/mol. The molecule has 0 radical (unpaired) electrons. The van der Waals surface area contributed by atoms with Gasteiger partial charge in [0.25, 0.3) is 0 Å². The van der Waals surface area contributed by atoms with E-state index >= 15 is 0 Å². The van der Waals surface area contributed by atoms with Gasteiger partial charge >= 0.3 is 6.18 Å². The Kier molecular flexibility index (Phi) is 5.20.